The van der Waals surface area contributed by atoms with E-state index in [1.54, 1.807) is 4.57 Å². The molecule has 0 aliphatic carbocycles. The summed E-state index contributed by atoms with van der Waals surface area (Å²) in [6.07, 6.45) is 5.77. The molecular weight excluding hydrogens is 370 g/mol. The molecule has 0 spiro atoms. The van der Waals surface area contributed by atoms with Gasteiger partial charge in [-0.3, -0.25) is 9.36 Å². The van der Waals surface area contributed by atoms with E-state index in [2.05, 4.69) is 9.89 Å². The minimum Gasteiger partial charge on any atom is -0.494 e. The average Bonchev–Trinajstić information content (AvgIpc) is 3.05. The molecule has 2 heterocycles. The number of benzene rings is 2. The fourth-order valence-electron chi connectivity index (χ4n) is 3.02. The molecule has 6 heteroatoms. The number of nitrogens with zero attached hydrogens (tertiary/aromatic N) is 3. The Morgan fingerprint density at radius 1 is 1.14 bits per heavy atom. The lowest BCUT2D eigenvalue weighted by Gasteiger charge is -2.25. The summed E-state index contributed by atoms with van der Waals surface area (Å²) in [5.74, 6) is 0.843. The first-order valence-corrected chi connectivity index (χ1v) is 10.0. The van der Waals surface area contributed by atoms with Gasteiger partial charge in [-0.1, -0.05) is 53.8 Å². The second kappa shape index (κ2) is 8.27. The first-order chi connectivity index (χ1) is 13.7. The Labute approximate surface area is 167 Å². The predicted molar refractivity (Wildman–Crippen MR) is 114 cm³/mol. The molecule has 1 aliphatic heterocycles. The van der Waals surface area contributed by atoms with Gasteiger partial charge in [0.05, 0.1) is 11.1 Å². The zero-order chi connectivity index (χ0) is 19.3. The molecule has 0 bridgehead atoms. The standard InChI is InChI=1S/C22H21N3O2S/c1-2-27-19-13-11-18(12-14-19)24-15-23-22-25(16-24)21(26)20(28-22)10-6-9-17-7-4-3-5-8-17/h3-14H,2,15-16H2,1H3/b9-6+,20-10-. The fourth-order valence-corrected chi connectivity index (χ4v) is 3.93. The summed E-state index contributed by atoms with van der Waals surface area (Å²) in [5.41, 5.74) is 2.12. The summed E-state index contributed by atoms with van der Waals surface area (Å²) >= 11 is 1.43. The van der Waals surface area contributed by atoms with Gasteiger partial charge in [0.2, 0.25) is 0 Å². The van der Waals surface area contributed by atoms with Gasteiger partial charge in [-0.05, 0) is 42.8 Å². The Bertz CT molecular complexity index is 1150. The SMILES string of the molecule is CCOc1ccc(N2CN=c3s/c(=C\C=C\c4ccccc4)c(=O)n3C2)cc1. The van der Waals surface area contributed by atoms with Crippen molar-refractivity contribution in [1.29, 1.82) is 0 Å². The summed E-state index contributed by atoms with van der Waals surface area (Å²) in [6.45, 7) is 3.64. The number of anilines is 1. The van der Waals surface area contributed by atoms with E-state index in [-0.39, 0.29) is 5.56 Å². The average molecular weight is 391 g/mol. The summed E-state index contributed by atoms with van der Waals surface area (Å²) in [6, 6.07) is 17.9. The van der Waals surface area contributed by atoms with Gasteiger partial charge in [0, 0.05) is 5.69 Å². The first kappa shape index (κ1) is 18.3. The van der Waals surface area contributed by atoms with Crippen LogP contribution in [0.4, 0.5) is 5.69 Å². The largest absolute Gasteiger partial charge is 0.494 e. The summed E-state index contributed by atoms with van der Waals surface area (Å²) in [7, 11) is 0. The van der Waals surface area contributed by atoms with E-state index in [0.29, 0.717) is 24.5 Å². The highest BCUT2D eigenvalue weighted by atomic mass is 32.1. The molecule has 0 fully saturated rings. The van der Waals surface area contributed by atoms with Crippen LogP contribution in [0.3, 0.4) is 0 Å². The van der Waals surface area contributed by atoms with Gasteiger partial charge in [-0.25, -0.2) is 4.99 Å². The molecule has 1 aromatic heterocycles. The summed E-state index contributed by atoms with van der Waals surface area (Å²) in [4.78, 5) is 20.2. The normalized spacial score (nSPS) is 14.2. The van der Waals surface area contributed by atoms with Gasteiger partial charge < -0.3 is 9.64 Å². The van der Waals surface area contributed by atoms with E-state index in [1.165, 1.54) is 11.3 Å². The highest BCUT2D eigenvalue weighted by Gasteiger charge is 2.15. The van der Waals surface area contributed by atoms with E-state index in [0.717, 1.165) is 21.8 Å². The van der Waals surface area contributed by atoms with Crippen LogP contribution in [-0.4, -0.2) is 17.8 Å². The van der Waals surface area contributed by atoms with Crippen LogP contribution < -0.4 is 24.5 Å². The van der Waals surface area contributed by atoms with E-state index >= 15 is 0 Å². The van der Waals surface area contributed by atoms with Crippen molar-refractivity contribution in [3.63, 3.8) is 0 Å². The molecule has 0 radical (unpaired) electrons. The van der Waals surface area contributed by atoms with Crippen molar-refractivity contribution in [2.75, 3.05) is 18.2 Å². The minimum absolute atomic E-state index is 0.00269. The van der Waals surface area contributed by atoms with Crippen LogP contribution in [-0.2, 0) is 6.67 Å². The maximum absolute atomic E-state index is 12.8. The number of hydrogen-bond acceptors (Lipinski definition) is 5. The van der Waals surface area contributed by atoms with Crippen LogP contribution >= 0.6 is 11.3 Å². The highest BCUT2D eigenvalue weighted by molar-refractivity contribution is 7.07. The molecular formula is C22H21N3O2S. The topological polar surface area (TPSA) is 46.8 Å². The molecule has 4 rings (SSSR count). The molecule has 2 aromatic carbocycles. The lowest BCUT2D eigenvalue weighted by molar-refractivity contribution is 0.340. The van der Waals surface area contributed by atoms with Crippen molar-refractivity contribution in [3.8, 4) is 5.75 Å². The van der Waals surface area contributed by atoms with Crippen molar-refractivity contribution < 1.29 is 4.74 Å². The van der Waals surface area contributed by atoms with E-state index in [9.17, 15) is 4.79 Å². The molecule has 0 saturated carbocycles. The van der Waals surface area contributed by atoms with Crippen LogP contribution in [0.5, 0.6) is 5.75 Å². The van der Waals surface area contributed by atoms with Crippen LogP contribution in [0.2, 0.25) is 0 Å². The van der Waals surface area contributed by atoms with Crippen molar-refractivity contribution >= 4 is 29.2 Å². The second-order valence-corrected chi connectivity index (χ2v) is 7.34. The molecule has 3 aromatic rings. The Kier molecular flexibility index (Phi) is 5.39. The van der Waals surface area contributed by atoms with Crippen LogP contribution in [0.1, 0.15) is 12.5 Å². The summed E-state index contributed by atoms with van der Waals surface area (Å²) in [5, 5.41) is 0. The number of ether oxygens (including phenoxy) is 1. The van der Waals surface area contributed by atoms with Gasteiger partial charge in [-0.2, -0.15) is 0 Å². The third-order valence-electron chi connectivity index (χ3n) is 4.43. The third-order valence-corrected chi connectivity index (χ3v) is 5.49. The van der Waals surface area contributed by atoms with Crippen LogP contribution in [0.15, 0.2) is 70.5 Å². The number of hydrogen-bond donors (Lipinski definition) is 0. The first-order valence-electron chi connectivity index (χ1n) is 9.20. The smallest absolute Gasteiger partial charge is 0.271 e. The van der Waals surface area contributed by atoms with Gasteiger partial charge >= 0.3 is 0 Å². The van der Waals surface area contributed by atoms with E-state index in [1.807, 2.05) is 79.7 Å². The molecule has 28 heavy (non-hydrogen) atoms. The van der Waals surface area contributed by atoms with Gasteiger partial charge in [-0.15, -0.1) is 0 Å². The Hall–Kier alpha value is -3.12. The van der Waals surface area contributed by atoms with Gasteiger partial charge in [0.25, 0.3) is 5.56 Å². The van der Waals surface area contributed by atoms with Crippen LogP contribution in [0.25, 0.3) is 12.2 Å². The fraction of sp³-hybridized carbons (Fsp3) is 0.182. The van der Waals surface area contributed by atoms with Crippen molar-refractivity contribution in [1.82, 2.24) is 4.57 Å². The zero-order valence-electron chi connectivity index (χ0n) is 15.6. The van der Waals surface area contributed by atoms with E-state index in [4.69, 9.17) is 4.74 Å². The van der Waals surface area contributed by atoms with Crippen molar-refractivity contribution in [3.05, 3.63) is 85.9 Å². The molecule has 5 nitrogen and oxygen atoms in total. The van der Waals surface area contributed by atoms with Crippen molar-refractivity contribution in [2.45, 2.75) is 13.6 Å². The lowest BCUT2D eigenvalue weighted by atomic mass is 10.2. The van der Waals surface area contributed by atoms with Gasteiger partial charge in [0.15, 0.2) is 4.80 Å². The second-order valence-electron chi connectivity index (χ2n) is 6.33. The number of aromatic nitrogens is 1. The van der Waals surface area contributed by atoms with Crippen LogP contribution in [0, 0.1) is 0 Å². The quantitative estimate of drug-likeness (QED) is 0.672. The lowest BCUT2D eigenvalue weighted by Crippen LogP contribution is -2.42. The van der Waals surface area contributed by atoms with Crippen molar-refractivity contribution in [2.24, 2.45) is 4.99 Å². The molecule has 1 aliphatic rings. The maximum Gasteiger partial charge on any atom is 0.271 e. The molecule has 0 saturated heterocycles. The zero-order valence-corrected chi connectivity index (χ0v) is 16.4. The monoisotopic (exact) mass is 391 g/mol. The predicted octanol–water partition coefficient (Wildman–Crippen LogP) is 2.86. The molecule has 142 valence electrons. The highest BCUT2D eigenvalue weighted by Crippen LogP contribution is 2.20. The summed E-state index contributed by atoms with van der Waals surface area (Å²) < 4.78 is 7.91. The molecule has 0 amide bonds. The number of rotatable bonds is 5. The molecule has 0 N–H and O–H groups in total. The third kappa shape index (κ3) is 3.92. The Morgan fingerprint density at radius 2 is 1.93 bits per heavy atom. The Morgan fingerprint density at radius 3 is 2.68 bits per heavy atom. The molecule has 0 unspecified atom stereocenters. The number of thiazole rings is 1. The Balaban J connectivity index is 1.56. The number of allylic oxidation sites excluding steroid dienone is 1. The van der Waals surface area contributed by atoms with E-state index < -0.39 is 0 Å². The maximum atomic E-state index is 12.8. The van der Waals surface area contributed by atoms with Gasteiger partial charge in [0.1, 0.15) is 19.1 Å². The molecule has 0 atom stereocenters. The minimum atomic E-state index is -0.00269. The number of fused-ring (bicyclic) bond motifs is 1.